The molecule has 0 spiro atoms. The van der Waals surface area contributed by atoms with E-state index < -0.39 is 8.24 Å². The number of nitrogens with zero attached hydrogens (tertiary/aromatic N) is 3. The Balaban J connectivity index is 1.73. The monoisotopic (exact) mass is 551 g/mol. The average Bonchev–Trinajstić information content (AvgIpc) is 3.26. The number of fused-ring (bicyclic) bond motifs is 1. The van der Waals surface area contributed by atoms with E-state index in [4.69, 9.17) is 26.1 Å². The van der Waals surface area contributed by atoms with Gasteiger partial charge in [-0.3, -0.25) is 4.98 Å². The fourth-order valence-electron chi connectivity index (χ4n) is 6.16. The fourth-order valence-corrected chi connectivity index (χ4v) is 12.9. The van der Waals surface area contributed by atoms with Gasteiger partial charge in [0.2, 0.25) is 0 Å². The van der Waals surface area contributed by atoms with Crippen LogP contribution >= 0.6 is 11.6 Å². The zero-order valence-corrected chi connectivity index (χ0v) is 25.1. The Morgan fingerprint density at radius 1 is 0.921 bits per heavy atom. The number of pyridine rings is 2. The van der Waals surface area contributed by atoms with Gasteiger partial charge in [0.05, 0.1) is 25.6 Å². The van der Waals surface area contributed by atoms with E-state index >= 15 is 0 Å². The second kappa shape index (κ2) is 11.5. The number of hydrogen-bond donors (Lipinski definition) is 1. The molecular formula is C30H38ClN3O3Si. The van der Waals surface area contributed by atoms with Crippen molar-refractivity contribution in [3.05, 3.63) is 71.1 Å². The number of ether oxygens (including phenoxy) is 2. The summed E-state index contributed by atoms with van der Waals surface area (Å²) in [6, 6.07) is 11.5. The highest BCUT2D eigenvalue weighted by molar-refractivity contribution is 6.82. The first-order chi connectivity index (χ1) is 18.1. The van der Waals surface area contributed by atoms with Gasteiger partial charge in [0.25, 0.3) is 0 Å². The standard InChI is InChI=1S/C30H38ClN3O3Si/c1-19(2)38(20(3)4,21(5)6)34-16-24(17-35)26-12-23(14-33-30(26)34)27-13-28(36-7)29(15-32-27)37-18-22-8-10-25(31)11-9-22/h8-16,19-21,35H,17-18H2,1-7H3. The Morgan fingerprint density at radius 3 is 2.16 bits per heavy atom. The van der Waals surface area contributed by atoms with Gasteiger partial charge in [-0.1, -0.05) is 65.3 Å². The van der Waals surface area contributed by atoms with Crippen LogP contribution in [-0.2, 0) is 13.2 Å². The van der Waals surface area contributed by atoms with Crippen LogP contribution in [0.2, 0.25) is 21.6 Å². The van der Waals surface area contributed by atoms with Crippen LogP contribution in [0.15, 0.2) is 55.0 Å². The van der Waals surface area contributed by atoms with E-state index in [0.29, 0.717) is 39.8 Å². The van der Waals surface area contributed by atoms with Gasteiger partial charge in [-0.25, -0.2) is 4.98 Å². The molecular weight excluding hydrogens is 514 g/mol. The van der Waals surface area contributed by atoms with Crippen LogP contribution in [0.3, 0.4) is 0 Å². The van der Waals surface area contributed by atoms with E-state index in [1.165, 1.54) is 0 Å². The number of benzene rings is 1. The maximum absolute atomic E-state index is 10.3. The van der Waals surface area contributed by atoms with Gasteiger partial charge < -0.3 is 18.8 Å². The molecule has 6 nitrogen and oxygen atoms in total. The normalized spacial score (nSPS) is 12.2. The molecule has 0 aliphatic carbocycles. The van der Waals surface area contributed by atoms with Crippen molar-refractivity contribution in [3.8, 4) is 22.8 Å². The Bertz CT molecular complexity index is 1380. The van der Waals surface area contributed by atoms with Gasteiger partial charge in [-0.2, -0.15) is 0 Å². The quantitative estimate of drug-likeness (QED) is 0.203. The van der Waals surface area contributed by atoms with Gasteiger partial charge in [0.15, 0.2) is 19.7 Å². The third-order valence-electron chi connectivity index (χ3n) is 7.74. The molecule has 202 valence electrons. The van der Waals surface area contributed by atoms with Crippen molar-refractivity contribution in [2.45, 2.75) is 71.4 Å². The Kier molecular flexibility index (Phi) is 8.50. The Labute approximate surface area is 231 Å². The highest BCUT2D eigenvalue weighted by Crippen LogP contribution is 2.45. The first kappa shape index (κ1) is 28.1. The number of aromatic nitrogens is 3. The molecule has 0 radical (unpaired) electrons. The maximum Gasteiger partial charge on any atom is 0.179 e. The lowest BCUT2D eigenvalue weighted by atomic mass is 10.1. The van der Waals surface area contributed by atoms with E-state index in [-0.39, 0.29) is 6.61 Å². The van der Waals surface area contributed by atoms with Crippen molar-refractivity contribution in [2.24, 2.45) is 0 Å². The molecule has 1 aromatic carbocycles. The van der Waals surface area contributed by atoms with E-state index in [1.54, 1.807) is 13.3 Å². The second-order valence-corrected chi connectivity index (χ2v) is 16.9. The fraction of sp³-hybridized carbons (Fsp3) is 0.400. The molecule has 4 rings (SSSR count). The summed E-state index contributed by atoms with van der Waals surface area (Å²) in [5.74, 6) is 1.15. The highest BCUT2D eigenvalue weighted by Gasteiger charge is 2.46. The lowest BCUT2D eigenvalue weighted by Crippen LogP contribution is -2.51. The molecule has 38 heavy (non-hydrogen) atoms. The summed E-state index contributed by atoms with van der Waals surface area (Å²) in [6.45, 7) is 14.3. The molecule has 3 aromatic heterocycles. The summed E-state index contributed by atoms with van der Waals surface area (Å²) < 4.78 is 14.1. The molecule has 0 fully saturated rings. The first-order valence-corrected chi connectivity index (χ1v) is 15.7. The van der Waals surface area contributed by atoms with Gasteiger partial charge >= 0.3 is 0 Å². The molecule has 0 unspecified atom stereocenters. The Morgan fingerprint density at radius 2 is 1.58 bits per heavy atom. The van der Waals surface area contributed by atoms with E-state index in [2.05, 4.69) is 63.0 Å². The average molecular weight is 552 g/mol. The maximum atomic E-state index is 10.3. The molecule has 0 bridgehead atoms. The van der Waals surface area contributed by atoms with Crippen molar-refractivity contribution >= 4 is 30.9 Å². The molecule has 0 amide bonds. The summed E-state index contributed by atoms with van der Waals surface area (Å²) in [4.78, 5) is 9.62. The van der Waals surface area contributed by atoms with Crippen LogP contribution in [0.5, 0.6) is 11.5 Å². The lowest BCUT2D eigenvalue weighted by Gasteiger charge is -2.44. The van der Waals surface area contributed by atoms with Crippen molar-refractivity contribution in [2.75, 3.05) is 7.11 Å². The van der Waals surface area contributed by atoms with Crippen LogP contribution in [0.1, 0.15) is 52.7 Å². The van der Waals surface area contributed by atoms with Crippen molar-refractivity contribution < 1.29 is 14.6 Å². The zero-order valence-electron chi connectivity index (χ0n) is 23.3. The molecule has 4 aromatic rings. The topological polar surface area (TPSA) is 69.4 Å². The van der Waals surface area contributed by atoms with E-state index in [0.717, 1.165) is 33.4 Å². The highest BCUT2D eigenvalue weighted by atomic mass is 35.5. The van der Waals surface area contributed by atoms with Crippen LogP contribution < -0.4 is 9.47 Å². The molecule has 1 N–H and O–H groups in total. The predicted molar refractivity (Wildman–Crippen MR) is 158 cm³/mol. The summed E-state index contributed by atoms with van der Waals surface area (Å²) in [7, 11) is -0.421. The lowest BCUT2D eigenvalue weighted by molar-refractivity contribution is 0.283. The number of methoxy groups -OCH3 is 1. The number of halogens is 1. The van der Waals surface area contributed by atoms with E-state index in [9.17, 15) is 5.11 Å². The van der Waals surface area contributed by atoms with Gasteiger partial charge in [0, 0.05) is 40.0 Å². The van der Waals surface area contributed by atoms with Crippen LogP contribution in [0, 0.1) is 0 Å². The van der Waals surface area contributed by atoms with Crippen molar-refractivity contribution in [1.82, 2.24) is 14.2 Å². The summed E-state index contributed by atoms with van der Waals surface area (Å²) in [5.41, 5.74) is 5.95. The minimum atomic E-state index is -2.04. The third kappa shape index (κ3) is 5.07. The Hall–Kier alpha value is -2.87. The predicted octanol–water partition coefficient (Wildman–Crippen LogP) is 7.86. The SMILES string of the molecule is COc1cc(-c2cnc3c(c2)c(CO)cn3[Si](C(C)C)(C(C)C)C(C)C)ncc1OCc1ccc(Cl)cc1. The number of aliphatic hydroxyl groups is 1. The first-order valence-electron chi connectivity index (χ1n) is 13.2. The van der Waals surface area contributed by atoms with Crippen molar-refractivity contribution in [3.63, 3.8) is 0 Å². The molecule has 0 aliphatic heterocycles. The van der Waals surface area contributed by atoms with Gasteiger partial charge in [-0.05, 0) is 40.4 Å². The molecule has 0 saturated heterocycles. The van der Waals surface area contributed by atoms with Crippen LogP contribution in [0.25, 0.3) is 22.3 Å². The summed E-state index contributed by atoms with van der Waals surface area (Å²) >= 11 is 5.98. The minimum Gasteiger partial charge on any atom is -0.493 e. The summed E-state index contributed by atoms with van der Waals surface area (Å²) in [6.07, 6.45) is 5.70. The van der Waals surface area contributed by atoms with Crippen LogP contribution in [-0.4, -0.2) is 34.7 Å². The largest absolute Gasteiger partial charge is 0.493 e. The smallest absolute Gasteiger partial charge is 0.179 e. The number of hydrogen-bond acceptors (Lipinski definition) is 5. The number of aliphatic hydroxyl groups excluding tert-OH is 1. The van der Waals surface area contributed by atoms with Crippen LogP contribution in [0.4, 0.5) is 0 Å². The zero-order chi connectivity index (χ0) is 27.6. The molecule has 0 atom stereocenters. The van der Waals surface area contributed by atoms with Crippen molar-refractivity contribution in [1.29, 1.82) is 0 Å². The van der Waals surface area contributed by atoms with E-state index in [1.807, 2.05) is 36.5 Å². The number of rotatable bonds is 10. The molecule has 3 heterocycles. The summed E-state index contributed by atoms with van der Waals surface area (Å²) in [5, 5.41) is 11.9. The van der Waals surface area contributed by atoms with Gasteiger partial charge in [-0.15, -0.1) is 0 Å². The second-order valence-electron chi connectivity index (χ2n) is 10.8. The minimum absolute atomic E-state index is 0.0401. The molecule has 0 saturated carbocycles. The molecule has 0 aliphatic rings. The van der Waals surface area contributed by atoms with Gasteiger partial charge in [0.1, 0.15) is 12.3 Å². The third-order valence-corrected chi connectivity index (χ3v) is 14.7. The molecule has 8 heteroatoms.